The van der Waals surface area contributed by atoms with E-state index >= 15 is 0 Å². The van der Waals surface area contributed by atoms with Gasteiger partial charge in [0, 0.05) is 27.1 Å². The van der Waals surface area contributed by atoms with Crippen LogP contribution in [-0.2, 0) is 4.79 Å². The number of rotatable bonds is 3. The van der Waals surface area contributed by atoms with Crippen molar-refractivity contribution in [1.29, 1.82) is 0 Å². The van der Waals surface area contributed by atoms with Crippen LogP contribution in [0, 0.1) is 0 Å². The molecule has 2 heterocycles. The van der Waals surface area contributed by atoms with Crippen molar-refractivity contribution in [2.45, 2.75) is 4.90 Å². The van der Waals surface area contributed by atoms with Gasteiger partial charge in [-0.15, -0.1) is 11.8 Å². The molecule has 2 amide bonds. The van der Waals surface area contributed by atoms with Gasteiger partial charge in [0.1, 0.15) is 11.3 Å². The van der Waals surface area contributed by atoms with Crippen LogP contribution in [0.25, 0.3) is 22.3 Å². The summed E-state index contributed by atoms with van der Waals surface area (Å²) in [5.41, 5.74) is 3.64. The van der Waals surface area contributed by atoms with Gasteiger partial charge >= 0.3 is 0 Å². The van der Waals surface area contributed by atoms with E-state index in [1.165, 1.54) is 11.8 Å². The van der Waals surface area contributed by atoms with Gasteiger partial charge in [0.2, 0.25) is 5.91 Å². The Kier molecular flexibility index (Phi) is 4.33. The smallest absolute Gasteiger partial charge is 0.255 e. The second kappa shape index (κ2) is 7.14. The van der Waals surface area contributed by atoms with Crippen LogP contribution < -0.4 is 10.6 Å². The molecule has 0 unspecified atom stereocenters. The molecule has 29 heavy (non-hydrogen) atoms. The second-order valence-corrected chi connectivity index (χ2v) is 7.74. The van der Waals surface area contributed by atoms with Gasteiger partial charge in [0.25, 0.3) is 5.91 Å². The van der Waals surface area contributed by atoms with Crippen molar-refractivity contribution in [3.8, 4) is 11.3 Å². The number of furan rings is 1. The van der Waals surface area contributed by atoms with Crippen LogP contribution in [0.1, 0.15) is 10.4 Å². The number of hydrogen-bond donors (Lipinski definition) is 2. The Balaban J connectivity index is 1.34. The van der Waals surface area contributed by atoms with E-state index < -0.39 is 0 Å². The third-order valence-electron chi connectivity index (χ3n) is 4.73. The van der Waals surface area contributed by atoms with Crippen molar-refractivity contribution in [1.82, 2.24) is 0 Å². The van der Waals surface area contributed by atoms with Gasteiger partial charge in [-0.2, -0.15) is 0 Å². The maximum absolute atomic E-state index is 12.6. The molecule has 0 fully saturated rings. The summed E-state index contributed by atoms with van der Waals surface area (Å²) >= 11 is 1.47. The lowest BCUT2D eigenvalue weighted by molar-refractivity contribution is -0.113. The molecule has 1 aliphatic rings. The molecule has 0 saturated carbocycles. The van der Waals surface area contributed by atoms with E-state index in [4.69, 9.17) is 4.42 Å². The molecule has 0 atom stereocenters. The Bertz CT molecular complexity index is 1210. The number of nitrogens with one attached hydrogen (secondary N) is 2. The van der Waals surface area contributed by atoms with Gasteiger partial charge < -0.3 is 15.1 Å². The minimum Gasteiger partial charge on any atom is -0.456 e. The number of hydrogen-bond acceptors (Lipinski definition) is 4. The normalized spacial score (nSPS) is 13.0. The van der Waals surface area contributed by atoms with E-state index in [1.54, 1.807) is 12.1 Å². The third-order valence-corrected chi connectivity index (χ3v) is 5.80. The zero-order valence-corrected chi connectivity index (χ0v) is 16.1. The van der Waals surface area contributed by atoms with Gasteiger partial charge in [-0.1, -0.05) is 18.2 Å². The number of carbonyl (C=O) groups excluding carboxylic acids is 2. The van der Waals surface area contributed by atoms with Crippen LogP contribution in [0.4, 0.5) is 11.4 Å². The van der Waals surface area contributed by atoms with Crippen LogP contribution in [0.2, 0.25) is 0 Å². The third kappa shape index (κ3) is 3.50. The molecular formula is C23H16N2O3S. The predicted molar refractivity (Wildman–Crippen MR) is 115 cm³/mol. The summed E-state index contributed by atoms with van der Waals surface area (Å²) in [7, 11) is 0. The molecule has 0 radical (unpaired) electrons. The second-order valence-electron chi connectivity index (χ2n) is 6.73. The van der Waals surface area contributed by atoms with Crippen molar-refractivity contribution < 1.29 is 14.0 Å². The first-order chi connectivity index (χ1) is 14.2. The van der Waals surface area contributed by atoms with Crippen LogP contribution in [0.3, 0.4) is 0 Å². The van der Waals surface area contributed by atoms with Crippen LogP contribution in [0.5, 0.6) is 0 Å². The predicted octanol–water partition coefficient (Wildman–Crippen LogP) is 5.40. The molecule has 1 aliphatic heterocycles. The number of fused-ring (bicyclic) bond motifs is 2. The number of para-hydroxylation sites is 1. The molecule has 5 rings (SSSR count). The first-order valence-electron chi connectivity index (χ1n) is 9.13. The van der Waals surface area contributed by atoms with E-state index in [1.807, 2.05) is 60.7 Å². The van der Waals surface area contributed by atoms with Crippen molar-refractivity contribution in [3.05, 3.63) is 78.4 Å². The summed E-state index contributed by atoms with van der Waals surface area (Å²) in [5.74, 6) is 0.901. The van der Waals surface area contributed by atoms with Crippen molar-refractivity contribution in [2.75, 3.05) is 16.4 Å². The van der Waals surface area contributed by atoms with Gasteiger partial charge in [-0.3, -0.25) is 9.59 Å². The fourth-order valence-electron chi connectivity index (χ4n) is 3.27. The average Bonchev–Trinajstić information content (AvgIpc) is 3.18. The molecule has 2 N–H and O–H groups in total. The Hall–Kier alpha value is -3.51. The highest BCUT2D eigenvalue weighted by Crippen LogP contribution is 2.32. The molecule has 142 valence electrons. The lowest BCUT2D eigenvalue weighted by Crippen LogP contribution is -2.19. The Morgan fingerprint density at radius 2 is 1.83 bits per heavy atom. The molecule has 3 aromatic carbocycles. The minimum atomic E-state index is -0.228. The van der Waals surface area contributed by atoms with Gasteiger partial charge in [0.15, 0.2) is 0 Å². The zero-order valence-electron chi connectivity index (χ0n) is 15.3. The minimum absolute atomic E-state index is 0.0544. The summed E-state index contributed by atoms with van der Waals surface area (Å²) in [5, 5.41) is 6.75. The summed E-state index contributed by atoms with van der Waals surface area (Å²) in [6, 6.07) is 22.7. The van der Waals surface area contributed by atoms with Crippen molar-refractivity contribution in [2.24, 2.45) is 0 Å². The van der Waals surface area contributed by atoms with E-state index in [0.29, 0.717) is 22.7 Å². The number of anilines is 2. The van der Waals surface area contributed by atoms with Crippen molar-refractivity contribution in [3.63, 3.8) is 0 Å². The number of carbonyl (C=O) groups is 2. The first-order valence-corrected chi connectivity index (χ1v) is 10.1. The molecule has 6 heteroatoms. The number of benzene rings is 3. The molecule has 1 aromatic heterocycles. The van der Waals surface area contributed by atoms with E-state index in [2.05, 4.69) is 10.6 Å². The lowest BCUT2D eigenvalue weighted by Gasteiger charge is -2.17. The molecule has 5 nitrogen and oxygen atoms in total. The molecule has 0 bridgehead atoms. The molecule has 0 aliphatic carbocycles. The maximum atomic E-state index is 12.6. The highest BCUT2D eigenvalue weighted by atomic mass is 32.2. The largest absolute Gasteiger partial charge is 0.456 e. The monoisotopic (exact) mass is 400 g/mol. The quantitative estimate of drug-likeness (QED) is 0.483. The molecule has 0 saturated heterocycles. The summed E-state index contributed by atoms with van der Waals surface area (Å²) in [4.78, 5) is 25.1. The van der Waals surface area contributed by atoms with Gasteiger partial charge in [-0.25, -0.2) is 0 Å². The fraction of sp³-hybridized carbons (Fsp3) is 0.0435. The van der Waals surface area contributed by atoms with E-state index in [0.717, 1.165) is 27.2 Å². The molecule has 4 aromatic rings. The highest BCUT2D eigenvalue weighted by molar-refractivity contribution is 8.00. The lowest BCUT2D eigenvalue weighted by atomic mass is 10.1. The molecule has 0 spiro atoms. The number of amides is 2. The Labute approximate surface area is 171 Å². The fourth-order valence-corrected chi connectivity index (χ4v) is 4.06. The van der Waals surface area contributed by atoms with E-state index in [9.17, 15) is 9.59 Å². The summed E-state index contributed by atoms with van der Waals surface area (Å²) in [6.07, 6.45) is 0. The van der Waals surface area contributed by atoms with Crippen molar-refractivity contribution >= 4 is 45.9 Å². The topological polar surface area (TPSA) is 71.3 Å². The van der Waals surface area contributed by atoms with Crippen LogP contribution in [-0.4, -0.2) is 17.6 Å². The summed E-state index contributed by atoms with van der Waals surface area (Å²) in [6.45, 7) is 0. The van der Waals surface area contributed by atoms with Gasteiger partial charge in [0.05, 0.1) is 11.4 Å². The van der Waals surface area contributed by atoms with Gasteiger partial charge in [-0.05, 0) is 54.6 Å². The maximum Gasteiger partial charge on any atom is 0.255 e. The Morgan fingerprint density at radius 1 is 1.00 bits per heavy atom. The standard InChI is InChI=1S/C23H16N2O3S/c26-22-13-29-21-10-7-16(11-18(21)25-22)23(27)24-17-8-5-14(6-9-17)20-12-15-3-1-2-4-19(15)28-20/h1-12H,13H2,(H,24,27)(H,25,26). The SMILES string of the molecule is O=C1CSc2ccc(C(=O)Nc3ccc(-c4cc5ccccc5o4)cc3)cc2N1. The van der Waals surface area contributed by atoms with Crippen LogP contribution in [0.15, 0.2) is 82.1 Å². The van der Waals surface area contributed by atoms with Crippen LogP contribution >= 0.6 is 11.8 Å². The summed E-state index contributed by atoms with van der Waals surface area (Å²) < 4.78 is 5.88. The average molecular weight is 400 g/mol. The highest BCUT2D eigenvalue weighted by Gasteiger charge is 2.17. The first kappa shape index (κ1) is 17.6. The number of thioether (sulfide) groups is 1. The van der Waals surface area contributed by atoms with E-state index in [-0.39, 0.29) is 11.8 Å². The zero-order chi connectivity index (χ0) is 19.8. The molecular weight excluding hydrogens is 384 g/mol. The Morgan fingerprint density at radius 3 is 2.66 bits per heavy atom.